The molecular formula is C10H7ClO2. The molecule has 0 unspecified atom stereocenters. The van der Waals surface area contributed by atoms with Gasteiger partial charge in [0.05, 0.1) is 0 Å². The minimum atomic E-state index is -0.547. The Morgan fingerprint density at radius 1 is 1.38 bits per heavy atom. The van der Waals surface area contributed by atoms with Gasteiger partial charge in [0.25, 0.3) is 5.24 Å². The molecule has 0 bridgehead atoms. The number of rotatable bonds is 1. The predicted octanol–water partition coefficient (Wildman–Crippen LogP) is 2.27. The Balaban J connectivity index is 2.33. The minimum Gasteiger partial charge on any atom is -0.452 e. The largest absolute Gasteiger partial charge is 0.452 e. The normalized spacial score (nSPS) is 14.1. The van der Waals surface area contributed by atoms with Crippen molar-refractivity contribution >= 4 is 16.8 Å². The maximum atomic E-state index is 10.8. The zero-order chi connectivity index (χ0) is 9.26. The number of carbonyl (C=O) groups excluding carboxylic acids is 1. The molecule has 0 saturated carbocycles. The van der Waals surface area contributed by atoms with Gasteiger partial charge in [-0.1, -0.05) is 18.2 Å². The molecule has 1 aliphatic rings. The fourth-order valence-corrected chi connectivity index (χ4v) is 1.37. The zero-order valence-corrected chi connectivity index (χ0v) is 7.54. The number of halogens is 1. The number of fused-ring (bicyclic) bond motifs is 1. The third kappa shape index (κ3) is 1.58. The summed E-state index contributed by atoms with van der Waals surface area (Å²) in [7, 11) is 0. The molecule has 0 aliphatic carbocycles. The molecule has 0 amide bonds. The van der Waals surface area contributed by atoms with Crippen LogP contribution in [0, 0.1) is 0 Å². The number of benzene rings is 1. The maximum absolute atomic E-state index is 10.8. The van der Waals surface area contributed by atoms with Crippen LogP contribution in [-0.2, 0) is 11.2 Å². The van der Waals surface area contributed by atoms with E-state index in [1.807, 2.05) is 24.3 Å². The lowest BCUT2D eigenvalue weighted by molar-refractivity contribution is -0.110. The molecule has 0 N–H and O–H groups in total. The van der Waals surface area contributed by atoms with Crippen LogP contribution in [0.4, 0.5) is 0 Å². The summed E-state index contributed by atoms with van der Waals surface area (Å²) in [6, 6.07) is 7.58. The summed E-state index contributed by atoms with van der Waals surface area (Å²) in [6.07, 6.45) is 2.39. The standard InChI is InChI=1S/C10H7ClO2/c11-10(12)9-6-5-7-3-1-2-4-8(7)13-9/h1-4,6H,5H2. The Morgan fingerprint density at radius 2 is 2.15 bits per heavy atom. The summed E-state index contributed by atoms with van der Waals surface area (Å²) in [5, 5.41) is -0.547. The average molecular weight is 195 g/mol. The van der Waals surface area contributed by atoms with Gasteiger partial charge in [-0.2, -0.15) is 0 Å². The molecule has 1 aromatic carbocycles. The van der Waals surface area contributed by atoms with E-state index in [4.69, 9.17) is 16.3 Å². The van der Waals surface area contributed by atoms with Crippen molar-refractivity contribution in [2.75, 3.05) is 0 Å². The molecule has 0 atom stereocenters. The Kier molecular flexibility index (Phi) is 2.07. The van der Waals surface area contributed by atoms with Crippen molar-refractivity contribution in [3.63, 3.8) is 0 Å². The molecule has 3 heteroatoms. The minimum absolute atomic E-state index is 0.223. The van der Waals surface area contributed by atoms with Crippen LogP contribution in [0.15, 0.2) is 36.1 Å². The van der Waals surface area contributed by atoms with Crippen molar-refractivity contribution < 1.29 is 9.53 Å². The van der Waals surface area contributed by atoms with Gasteiger partial charge in [0, 0.05) is 0 Å². The van der Waals surface area contributed by atoms with E-state index in [0.29, 0.717) is 12.2 Å². The first-order valence-electron chi connectivity index (χ1n) is 3.93. The SMILES string of the molecule is O=C(Cl)C1=CCc2ccccc2O1. The quantitative estimate of drug-likeness (QED) is 0.641. The summed E-state index contributed by atoms with van der Waals surface area (Å²) in [5.74, 6) is 0.939. The fourth-order valence-electron chi connectivity index (χ4n) is 1.26. The third-order valence-corrected chi connectivity index (χ3v) is 2.08. The third-order valence-electron chi connectivity index (χ3n) is 1.89. The second-order valence-electron chi connectivity index (χ2n) is 2.76. The van der Waals surface area contributed by atoms with Crippen molar-refractivity contribution in [2.24, 2.45) is 0 Å². The number of ether oxygens (including phenoxy) is 1. The molecule has 13 heavy (non-hydrogen) atoms. The Morgan fingerprint density at radius 3 is 2.92 bits per heavy atom. The summed E-state index contributed by atoms with van der Waals surface area (Å²) < 4.78 is 5.27. The lowest BCUT2D eigenvalue weighted by Gasteiger charge is -2.14. The highest BCUT2D eigenvalue weighted by molar-refractivity contribution is 6.67. The molecular weight excluding hydrogens is 188 g/mol. The summed E-state index contributed by atoms with van der Waals surface area (Å²) in [4.78, 5) is 10.8. The van der Waals surface area contributed by atoms with Crippen LogP contribution in [-0.4, -0.2) is 5.24 Å². The molecule has 1 aliphatic heterocycles. The van der Waals surface area contributed by atoms with Gasteiger partial charge in [-0.05, 0) is 35.7 Å². The van der Waals surface area contributed by atoms with Crippen LogP contribution < -0.4 is 4.74 Å². The number of carbonyl (C=O) groups is 1. The second kappa shape index (κ2) is 3.23. The number of hydrogen-bond acceptors (Lipinski definition) is 2. The van der Waals surface area contributed by atoms with Crippen molar-refractivity contribution in [3.05, 3.63) is 41.7 Å². The van der Waals surface area contributed by atoms with Crippen molar-refractivity contribution in [1.82, 2.24) is 0 Å². The molecule has 0 fully saturated rings. The smallest absolute Gasteiger partial charge is 0.287 e. The van der Waals surface area contributed by atoms with E-state index in [1.165, 1.54) is 0 Å². The van der Waals surface area contributed by atoms with Crippen molar-refractivity contribution in [1.29, 1.82) is 0 Å². The molecule has 1 aromatic rings. The van der Waals surface area contributed by atoms with Crippen molar-refractivity contribution in [2.45, 2.75) is 6.42 Å². The Hall–Kier alpha value is -1.28. The zero-order valence-electron chi connectivity index (χ0n) is 6.79. The van der Waals surface area contributed by atoms with E-state index in [0.717, 1.165) is 5.56 Å². The first-order chi connectivity index (χ1) is 6.27. The molecule has 2 rings (SSSR count). The van der Waals surface area contributed by atoms with Crippen LogP contribution in [0.5, 0.6) is 5.75 Å². The van der Waals surface area contributed by atoms with Crippen LogP contribution in [0.2, 0.25) is 0 Å². The van der Waals surface area contributed by atoms with E-state index in [9.17, 15) is 4.79 Å². The van der Waals surface area contributed by atoms with Gasteiger partial charge >= 0.3 is 0 Å². The molecule has 0 spiro atoms. The molecule has 0 aromatic heterocycles. The lowest BCUT2D eigenvalue weighted by Crippen LogP contribution is -2.09. The highest BCUT2D eigenvalue weighted by Crippen LogP contribution is 2.26. The monoisotopic (exact) mass is 194 g/mol. The predicted molar refractivity (Wildman–Crippen MR) is 49.7 cm³/mol. The van der Waals surface area contributed by atoms with E-state index in [-0.39, 0.29) is 5.76 Å². The number of allylic oxidation sites excluding steroid dienone is 2. The van der Waals surface area contributed by atoms with Crippen LogP contribution in [0.3, 0.4) is 0 Å². The Labute approximate surface area is 80.8 Å². The fraction of sp³-hybridized carbons (Fsp3) is 0.100. The van der Waals surface area contributed by atoms with Gasteiger partial charge < -0.3 is 4.74 Å². The average Bonchev–Trinajstić information content (AvgIpc) is 2.17. The highest BCUT2D eigenvalue weighted by Gasteiger charge is 2.15. The van der Waals surface area contributed by atoms with E-state index in [1.54, 1.807) is 6.08 Å². The molecule has 1 heterocycles. The second-order valence-corrected chi connectivity index (χ2v) is 3.10. The van der Waals surface area contributed by atoms with Crippen LogP contribution >= 0.6 is 11.6 Å². The van der Waals surface area contributed by atoms with Gasteiger partial charge in [0.2, 0.25) is 0 Å². The topological polar surface area (TPSA) is 26.3 Å². The maximum Gasteiger partial charge on any atom is 0.287 e. The number of hydrogen-bond donors (Lipinski definition) is 0. The molecule has 2 nitrogen and oxygen atoms in total. The summed E-state index contributed by atoms with van der Waals surface area (Å²) in [5.41, 5.74) is 1.07. The molecule has 66 valence electrons. The van der Waals surface area contributed by atoms with Crippen molar-refractivity contribution in [3.8, 4) is 5.75 Å². The molecule has 0 saturated heterocycles. The lowest BCUT2D eigenvalue weighted by atomic mass is 10.1. The Bertz CT molecular complexity index is 382. The number of para-hydroxylation sites is 1. The van der Waals surface area contributed by atoms with Gasteiger partial charge in [-0.25, -0.2) is 0 Å². The first-order valence-corrected chi connectivity index (χ1v) is 4.31. The highest BCUT2D eigenvalue weighted by atomic mass is 35.5. The van der Waals surface area contributed by atoms with E-state index < -0.39 is 5.24 Å². The first kappa shape index (κ1) is 8.32. The summed E-state index contributed by atoms with van der Waals surface area (Å²) >= 11 is 5.29. The van der Waals surface area contributed by atoms with E-state index in [2.05, 4.69) is 0 Å². The van der Waals surface area contributed by atoms with Gasteiger partial charge in [-0.15, -0.1) is 0 Å². The van der Waals surface area contributed by atoms with Gasteiger partial charge in [-0.3, -0.25) is 4.79 Å². The molecule has 0 radical (unpaired) electrons. The van der Waals surface area contributed by atoms with Crippen LogP contribution in [0.1, 0.15) is 5.56 Å². The van der Waals surface area contributed by atoms with E-state index >= 15 is 0 Å². The van der Waals surface area contributed by atoms with Gasteiger partial charge in [0.15, 0.2) is 5.76 Å². The summed E-state index contributed by atoms with van der Waals surface area (Å²) in [6.45, 7) is 0. The van der Waals surface area contributed by atoms with Crippen LogP contribution in [0.25, 0.3) is 0 Å². The van der Waals surface area contributed by atoms with Gasteiger partial charge in [0.1, 0.15) is 5.75 Å².